The van der Waals surface area contributed by atoms with E-state index in [1.54, 1.807) is 12.1 Å². The summed E-state index contributed by atoms with van der Waals surface area (Å²) in [6, 6.07) is 5.51. The molecule has 0 amide bonds. The number of hydrogen-bond acceptors (Lipinski definition) is 1. The van der Waals surface area contributed by atoms with Crippen LogP contribution in [-0.2, 0) is 0 Å². The van der Waals surface area contributed by atoms with Crippen molar-refractivity contribution in [3.63, 3.8) is 0 Å². The topological polar surface area (TPSA) is 33.0 Å². The minimum absolute atomic E-state index is 0.633. The van der Waals surface area contributed by atoms with Gasteiger partial charge in [0.2, 0.25) is 0 Å². The molecule has 1 N–H and O–H groups in total. The molecule has 12 heavy (non-hydrogen) atoms. The number of aromatic amines is 1. The molecule has 0 aliphatic carbocycles. The van der Waals surface area contributed by atoms with Crippen molar-refractivity contribution in [2.24, 2.45) is 0 Å². The Morgan fingerprint density at radius 2 is 2.33 bits per heavy atom. The molecule has 0 aliphatic heterocycles. The Balaban J connectivity index is 2.80. The Hall–Kier alpha value is -1.82. The van der Waals surface area contributed by atoms with Crippen LogP contribution in [-0.4, -0.2) is 10.2 Å². The summed E-state index contributed by atoms with van der Waals surface area (Å²) in [4.78, 5) is 3.33. The Bertz CT molecular complexity index is 462. The zero-order valence-electron chi connectivity index (χ0n) is 6.63. The van der Waals surface area contributed by atoms with E-state index < -0.39 is 0 Å². The molecule has 1 aromatic heterocycles. The van der Waals surface area contributed by atoms with Crippen LogP contribution in [0.5, 0.6) is 0 Å². The maximum atomic E-state index is 6.81. The summed E-state index contributed by atoms with van der Waals surface area (Å²) in [6.07, 6.45) is 0. The fourth-order valence-electron chi connectivity index (χ4n) is 1.20. The van der Waals surface area contributed by atoms with Crippen LogP contribution in [0.25, 0.3) is 15.7 Å². The SMILES string of the molecule is [C-]#[N+]c1ccc2c(C)[nH]nc2c1. The lowest BCUT2D eigenvalue weighted by Crippen LogP contribution is -1.68. The molecule has 0 spiro atoms. The highest BCUT2D eigenvalue weighted by Crippen LogP contribution is 2.21. The molecule has 58 valence electrons. The molecule has 0 saturated carbocycles. The Morgan fingerprint density at radius 3 is 3.08 bits per heavy atom. The smallest absolute Gasteiger partial charge is 0.189 e. The van der Waals surface area contributed by atoms with Crippen LogP contribution in [0.15, 0.2) is 18.2 Å². The summed E-state index contributed by atoms with van der Waals surface area (Å²) in [5.41, 5.74) is 2.54. The van der Waals surface area contributed by atoms with Crippen LogP contribution in [0.3, 0.4) is 0 Å². The van der Waals surface area contributed by atoms with E-state index in [-0.39, 0.29) is 0 Å². The molecule has 0 radical (unpaired) electrons. The monoisotopic (exact) mass is 157 g/mol. The quantitative estimate of drug-likeness (QED) is 0.585. The molecule has 1 aromatic carbocycles. The molecule has 0 fully saturated rings. The Kier molecular flexibility index (Phi) is 1.34. The summed E-state index contributed by atoms with van der Waals surface area (Å²) in [6.45, 7) is 8.78. The largest absolute Gasteiger partial charge is 0.282 e. The van der Waals surface area contributed by atoms with Gasteiger partial charge in [0, 0.05) is 11.1 Å². The second-order valence-corrected chi connectivity index (χ2v) is 2.66. The van der Waals surface area contributed by atoms with Crippen molar-refractivity contribution < 1.29 is 0 Å². The predicted molar refractivity (Wildman–Crippen MR) is 47.1 cm³/mol. The lowest BCUT2D eigenvalue weighted by molar-refractivity contribution is 1.07. The molecule has 3 nitrogen and oxygen atoms in total. The lowest BCUT2D eigenvalue weighted by Gasteiger charge is -1.89. The third-order valence-corrected chi connectivity index (χ3v) is 1.86. The highest BCUT2D eigenvalue weighted by Gasteiger charge is 2.00. The maximum Gasteiger partial charge on any atom is 0.189 e. The molecule has 0 aliphatic rings. The van der Waals surface area contributed by atoms with Crippen molar-refractivity contribution in [2.45, 2.75) is 6.92 Å². The second kappa shape index (κ2) is 2.35. The number of fused-ring (bicyclic) bond motifs is 1. The first-order chi connectivity index (χ1) is 5.81. The van der Waals surface area contributed by atoms with E-state index >= 15 is 0 Å². The van der Waals surface area contributed by atoms with Gasteiger partial charge in [-0.2, -0.15) is 5.10 Å². The molecule has 3 heteroatoms. The summed E-state index contributed by atoms with van der Waals surface area (Å²) >= 11 is 0. The average molecular weight is 157 g/mol. The maximum absolute atomic E-state index is 6.81. The van der Waals surface area contributed by atoms with Crippen molar-refractivity contribution in [1.82, 2.24) is 10.2 Å². The Morgan fingerprint density at radius 1 is 1.50 bits per heavy atom. The van der Waals surface area contributed by atoms with Crippen molar-refractivity contribution in [3.8, 4) is 0 Å². The first-order valence-electron chi connectivity index (χ1n) is 3.63. The van der Waals surface area contributed by atoms with Gasteiger partial charge in [-0.25, -0.2) is 4.85 Å². The summed E-state index contributed by atoms with van der Waals surface area (Å²) < 4.78 is 0. The van der Waals surface area contributed by atoms with Gasteiger partial charge in [0.15, 0.2) is 5.69 Å². The van der Waals surface area contributed by atoms with E-state index in [1.165, 1.54) is 0 Å². The third-order valence-electron chi connectivity index (χ3n) is 1.86. The summed E-state index contributed by atoms with van der Waals surface area (Å²) in [5.74, 6) is 0. The molecule has 0 bridgehead atoms. The van der Waals surface area contributed by atoms with E-state index in [9.17, 15) is 0 Å². The van der Waals surface area contributed by atoms with E-state index in [0.717, 1.165) is 16.6 Å². The summed E-state index contributed by atoms with van der Waals surface area (Å²) in [7, 11) is 0. The number of rotatable bonds is 0. The highest BCUT2D eigenvalue weighted by molar-refractivity contribution is 5.84. The van der Waals surface area contributed by atoms with Gasteiger partial charge in [-0.3, -0.25) is 5.10 Å². The van der Waals surface area contributed by atoms with Crippen molar-refractivity contribution in [2.75, 3.05) is 0 Å². The normalized spacial score (nSPS) is 10.0. The molecule has 0 atom stereocenters. The van der Waals surface area contributed by atoms with E-state index in [4.69, 9.17) is 6.57 Å². The van der Waals surface area contributed by atoms with E-state index in [2.05, 4.69) is 15.0 Å². The second-order valence-electron chi connectivity index (χ2n) is 2.66. The minimum atomic E-state index is 0.633. The van der Waals surface area contributed by atoms with Crippen molar-refractivity contribution in [3.05, 3.63) is 35.3 Å². The number of benzene rings is 1. The van der Waals surface area contributed by atoms with Crippen LogP contribution in [0.1, 0.15) is 5.69 Å². The van der Waals surface area contributed by atoms with Crippen molar-refractivity contribution in [1.29, 1.82) is 0 Å². The number of aromatic nitrogens is 2. The standard InChI is InChI=1S/C9H7N3/c1-6-8-4-3-7(10-2)5-9(8)12-11-6/h3-5H,1H3,(H,11,12). The predicted octanol–water partition coefficient (Wildman–Crippen LogP) is 2.42. The van der Waals surface area contributed by atoms with Gasteiger partial charge in [0.25, 0.3) is 0 Å². The van der Waals surface area contributed by atoms with Gasteiger partial charge in [-0.15, -0.1) is 0 Å². The van der Waals surface area contributed by atoms with Crippen molar-refractivity contribution >= 4 is 16.6 Å². The average Bonchev–Trinajstić information content (AvgIpc) is 2.47. The van der Waals surface area contributed by atoms with Gasteiger partial charge in [-0.1, -0.05) is 12.1 Å². The fraction of sp³-hybridized carbons (Fsp3) is 0.111. The molecular formula is C9H7N3. The molecule has 2 rings (SSSR count). The fourth-order valence-corrected chi connectivity index (χ4v) is 1.20. The van der Waals surface area contributed by atoms with Gasteiger partial charge in [0.05, 0.1) is 12.1 Å². The Labute approximate surface area is 69.8 Å². The third kappa shape index (κ3) is 0.857. The van der Waals surface area contributed by atoms with Crippen LogP contribution >= 0.6 is 0 Å². The van der Waals surface area contributed by atoms with E-state index in [1.807, 2.05) is 13.0 Å². The number of hydrogen-bond donors (Lipinski definition) is 1. The van der Waals surface area contributed by atoms with E-state index in [0.29, 0.717) is 5.69 Å². The van der Waals surface area contributed by atoms with Crippen LogP contribution in [0, 0.1) is 13.5 Å². The summed E-state index contributed by atoms with van der Waals surface area (Å²) in [5, 5.41) is 8.02. The molecule has 2 aromatic rings. The number of aryl methyl sites for hydroxylation is 1. The minimum Gasteiger partial charge on any atom is -0.282 e. The number of H-pyrrole nitrogens is 1. The van der Waals surface area contributed by atoms with Crippen LogP contribution < -0.4 is 0 Å². The highest BCUT2D eigenvalue weighted by atomic mass is 15.1. The number of nitrogens with one attached hydrogen (secondary N) is 1. The number of nitrogens with zero attached hydrogens (tertiary/aromatic N) is 2. The lowest BCUT2D eigenvalue weighted by atomic mass is 10.2. The van der Waals surface area contributed by atoms with Gasteiger partial charge >= 0.3 is 0 Å². The first-order valence-corrected chi connectivity index (χ1v) is 3.63. The zero-order valence-corrected chi connectivity index (χ0v) is 6.63. The molecule has 1 heterocycles. The van der Waals surface area contributed by atoms with Gasteiger partial charge in [0.1, 0.15) is 0 Å². The first kappa shape index (κ1) is 6.86. The van der Waals surface area contributed by atoms with Gasteiger partial charge in [-0.05, 0) is 13.0 Å². The molecular weight excluding hydrogens is 150 g/mol. The zero-order chi connectivity index (χ0) is 8.55. The van der Waals surface area contributed by atoms with Crippen LogP contribution in [0.2, 0.25) is 0 Å². The molecule has 0 saturated heterocycles. The van der Waals surface area contributed by atoms with Crippen LogP contribution in [0.4, 0.5) is 5.69 Å². The van der Waals surface area contributed by atoms with Gasteiger partial charge < -0.3 is 0 Å². The molecule has 0 unspecified atom stereocenters.